The van der Waals surface area contributed by atoms with Crippen molar-refractivity contribution in [3.05, 3.63) is 71.8 Å². The smallest absolute Gasteiger partial charge is 0.343 e. The Bertz CT molecular complexity index is 1140. The molecular formula is C30H42NO9P. The van der Waals surface area contributed by atoms with Crippen LogP contribution in [0.1, 0.15) is 71.7 Å². The number of benzene rings is 2. The van der Waals surface area contributed by atoms with Crippen molar-refractivity contribution in [2.75, 3.05) is 20.1 Å². The molecule has 11 heteroatoms. The molecule has 226 valence electrons. The predicted molar refractivity (Wildman–Crippen MR) is 153 cm³/mol. The summed E-state index contributed by atoms with van der Waals surface area (Å²) < 4.78 is 36.1. The van der Waals surface area contributed by atoms with Crippen LogP contribution in [0.4, 0.5) is 0 Å². The molecule has 0 bridgehead atoms. The van der Waals surface area contributed by atoms with E-state index in [2.05, 4.69) is 0 Å². The maximum atomic E-state index is 14.4. The van der Waals surface area contributed by atoms with Crippen molar-refractivity contribution in [1.82, 2.24) is 5.06 Å². The molecule has 0 radical (unpaired) electrons. The van der Waals surface area contributed by atoms with Gasteiger partial charge in [-0.15, -0.1) is 0 Å². The Hall–Kier alpha value is -3.04. The van der Waals surface area contributed by atoms with Gasteiger partial charge in [-0.2, -0.15) is 0 Å². The number of carbonyl (C=O) groups excluding carboxylic acids is 3. The highest BCUT2D eigenvalue weighted by Gasteiger charge is 2.39. The summed E-state index contributed by atoms with van der Waals surface area (Å²) in [6.07, 6.45) is 0.0933. The van der Waals surface area contributed by atoms with E-state index in [9.17, 15) is 18.9 Å². The van der Waals surface area contributed by atoms with E-state index >= 15 is 0 Å². The minimum atomic E-state index is -4.18. The molecular weight excluding hydrogens is 549 g/mol. The van der Waals surface area contributed by atoms with Gasteiger partial charge in [0.05, 0.1) is 16.5 Å². The van der Waals surface area contributed by atoms with Crippen LogP contribution in [0, 0.1) is 10.8 Å². The highest BCUT2D eigenvalue weighted by atomic mass is 31.2. The predicted octanol–water partition coefficient (Wildman–Crippen LogP) is 6.42. The number of nitrogens with zero attached hydrogens (tertiary/aromatic N) is 1. The van der Waals surface area contributed by atoms with Gasteiger partial charge in [-0.3, -0.25) is 32.8 Å². The zero-order chi connectivity index (χ0) is 30.7. The normalized spacial score (nSPS) is 12.9. The fourth-order valence-electron chi connectivity index (χ4n) is 3.42. The van der Waals surface area contributed by atoms with E-state index in [-0.39, 0.29) is 25.5 Å². The van der Waals surface area contributed by atoms with E-state index in [1.807, 2.05) is 30.3 Å². The van der Waals surface area contributed by atoms with Crippen LogP contribution in [0.2, 0.25) is 0 Å². The van der Waals surface area contributed by atoms with Crippen molar-refractivity contribution in [2.24, 2.45) is 10.8 Å². The molecule has 0 heterocycles. The Labute approximate surface area is 242 Å². The van der Waals surface area contributed by atoms with Crippen LogP contribution < -0.4 is 0 Å². The molecule has 10 nitrogen and oxygen atoms in total. The first-order valence-electron chi connectivity index (χ1n) is 13.4. The number of hydrogen-bond acceptors (Lipinski definition) is 9. The highest BCUT2D eigenvalue weighted by molar-refractivity contribution is 7.54. The molecule has 1 unspecified atom stereocenters. The fraction of sp³-hybridized carbons (Fsp3) is 0.500. The van der Waals surface area contributed by atoms with E-state index in [0.717, 1.165) is 5.56 Å². The molecule has 2 rings (SSSR count). The lowest BCUT2D eigenvalue weighted by Crippen LogP contribution is -2.31. The van der Waals surface area contributed by atoms with Crippen molar-refractivity contribution < 1.29 is 42.3 Å². The van der Waals surface area contributed by atoms with E-state index in [0.29, 0.717) is 5.56 Å². The van der Waals surface area contributed by atoms with E-state index in [4.69, 9.17) is 23.4 Å². The van der Waals surface area contributed by atoms with Crippen LogP contribution in [0.5, 0.6) is 0 Å². The lowest BCUT2D eigenvalue weighted by Gasteiger charge is -2.29. The molecule has 0 fully saturated rings. The maximum Gasteiger partial charge on any atom is 0.343 e. The van der Waals surface area contributed by atoms with Gasteiger partial charge in [0.25, 0.3) is 0 Å². The Balaban J connectivity index is 2.30. The summed E-state index contributed by atoms with van der Waals surface area (Å²) in [7, 11) is -4.18. The molecule has 2 aromatic rings. The van der Waals surface area contributed by atoms with Gasteiger partial charge in [0.2, 0.25) is 19.5 Å². The SMILES string of the molecule is CC(=O)N(CCC(c1ccccc1)P(=O)(OCOC(=O)C(C)(C)C)OCOC(=O)C(C)(C)C)OCc1ccccc1. The van der Waals surface area contributed by atoms with Crippen LogP contribution in [0.15, 0.2) is 60.7 Å². The van der Waals surface area contributed by atoms with Crippen molar-refractivity contribution in [1.29, 1.82) is 0 Å². The Kier molecular flexibility index (Phi) is 12.7. The molecule has 0 aliphatic carbocycles. The molecule has 41 heavy (non-hydrogen) atoms. The lowest BCUT2D eigenvalue weighted by molar-refractivity contribution is -0.189. The molecule has 0 aliphatic heterocycles. The average molecular weight is 592 g/mol. The second-order valence-electron chi connectivity index (χ2n) is 11.5. The van der Waals surface area contributed by atoms with Crippen molar-refractivity contribution in [3.63, 3.8) is 0 Å². The third-order valence-corrected chi connectivity index (χ3v) is 8.07. The minimum Gasteiger partial charge on any atom is -0.438 e. The van der Waals surface area contributed by atoms with Crippen LogP contribution in [0.3, 0.4) is 0 Å². The maximum absolute atomic E-state index is 14.4. The average Bonchev–Trinajstić information content (AvgIpc) is 2.90. The molecule has 0 N–H and O–H groups in total. The van der Waals surface area contributed by atoms with Crippen LogP contribution in [0.25, 0.3) is 0 Å². The Morgan fingerprint density at radius 3 is 1.68 bits per heavy atom. The van der Waals surface area contributed by atoms with E-state index in [1.165, 1.54) is 12.0 Å². The fourth-order valence-corrected chi connectivity index (χ4v) is 5.22. The second-order valence-corrected chi connectivity index (χ2v) is 13.7. The third-order valence-electron chi connectivity index (χ3n) is 5.82. The first-order valence-corrected chi connectivity index (χ1v) is 15.0. The van der Waals surface area contributed by atoms with Crippen LogP contribution in [-0.4, -0.2) is 43.0 Å². The minimum absolute atomic E-state index is 0.0436. The van der Waals surface area contributed by atoms with Crippen molar-refractivity contribution in [2.45, 2.75) is 67.2 Å². The van der Waals surface area contributed by atoms with Crippen LogP contribution >= 0.6 is 7.60 Å². The van der Waals surface area contributed by atoms with Gasteiger partial charge in [-0.25, -0.2) is 5.06 Å². The number of esters is 2. The second kappa shape index (κ2) is 15.3. The summed E-state index contributed by atoms with van der Waals surface area (Å²) >= 11 is 0. The summed E-state index contributed by atoms with van der Waals surface area (Å²) in [5, 5.41) is 1.19. The van der Waals surface area contributed by atoms with Crippen molar-refractivity contribution in [3.8, 4) is 0 Å². The zero-order valence-electron chi connectivity index (χ0n) is 25.0. The summed E-state index contributed by atoms with van der Waals surface area (Å²) in [4.78, 5) is 42.8. The third kappa shape index (κ3) is 11.4. The number of amides is 1. The standard InChI is InChI=1S/C30H42NO9P/c1-23(32)31(38-20-24-14-10-8-11-15-24)19-18-26(25-16-12-9-13-17-25)41(35,39-21-36-27(33)29(2,3)4)40-22-37-28(34)30(5,6)7/h8-17,26H,18-22H2,1-7H3. The Morgan fingerprint density at radius 1 is 0.780 bits per heavy atom. The van der Waals surface area contributed by atoms with Gasteiger partial charge in [-0.05, 0) is 59.1 Å². The van der Waals surface area contributed by atoms with Crippen molar-refractivity contribution >= 4 is 25.4 Å². The number of hydroxylamine groups is 2. The molecule has 1 atom stereocenters. The zero-order valence-corrected chi connectivity index (χ0v) is 25.8. The van der Waals surface area contributed by atoms with Gasteiger partial charge in [0.15, 0.2) is 0 Å². The van der Waals surface area contributed by atoms with Gasteiger partial charge in [0, 0.05) is 13.5 Å². The molecule has 0 saturated carbocycles. The van der Waals surface area contributed by atoms with Gasteiger partial charge in [0.1, 0.15) is 6.61 Å². The molecule has 0 spiro atoms. The summed E-state index contributed by atoms with van der Waals surface area (Å²) in [6.45, 7) is 10.3. The van der Waals surface area contributed by atoms with Gasteiger partial charge >= 0.3 is 19.5 Å². The summed E-state index contributed by atoms with van der Waals surface area (Å²) in [5.74, 6) is -1.46. The first-order chi connectivity index (χ1) is 19.1. The number of carbonyl (C=O) groups is 3. The van der Waals surface area contributed by atoms with Gasteiger partial charge < -0.3 is 9.47 Å². The molecule has 0 aliphatic rings. The quantitative estimate of drug-likeness (QED) is 0.106. The highest BCUT2D eigenvalue weighted by Crippen LogP contribution is 2.62. The van der Waals surface area contributed by atoms with E-state index in [1.54, 1.807) is 71.9 Å². The largest absolute Gasteiger partial charge is 0.438 e. The molecule has 0 aromatic heterocycles. The number of hydrogen-bond donors (Lipinski definition) is 0. The topological polar surface area (TPSA) is 118 Å². The molecule has 2 aromatic carbocycles. The number of rotatable bonds is 14. The monoisotopic (exact) mass is 591 g/mol. The lowest BCUT2D eigenvalue weighted by atomic mass is 9.98. The van der Waals surface area contributed by atoms with E-state index < -0.39 is 49.6 Å². The summed E-state index contributed by atoms with van der Waals surface area (Å²) in [5.41, 5.74) is -1.09. The number of ether oxygens (including phenoxy) is 2. The molecule has 1 amide bonds. The molecule has 0 saturated heterocycles. The Morgan fingerprint density at radius 2 is 1.24 bits per heavy atom. The van der Waals surface area contributed by atoms with Gasteiger partial charge in [-0.1, -0.05) is 60.7 Å². The van der Waals surface area contributed by atoms with Crippen LogP contribution in [-0.2, 0) is 48.9 Å². The first kappa shape index (κ1) is 34.2. The summed E-state index contributed by atoms with van der Waals surface area (Å²) in [6, 6.07) is 18.2.